The molecule has 2 aliphatic rings. The molecule has 0 saturated carbocycles. The van der Waals surface area contributed by atoms with Gasteiger partial charge in [-0.2, -0.15) is 0 Å². The first-order valence-corrected chi connectivity index (χ1v) is 6.57. The summed E-state index contributed by atoms with van der Waals surface area (Å²) in [5.41, 5.74) is 1.29. The summed E-state index contributed by atoms with van der Waals surface area (Å²) in [5.74, 6) is 0.413. The van der Waals surface area contributed by atoms with Gasteiger partial charge in [0, 0.05) is 37.8 Å². The highest BCUT2D eigenvalue weighted by molar-refractivity contribution is 5.47. The molecular weight excluding hydrogens is 212 g/mol. The molecule has 3 heteroatoms. The van der Waals surface area contributed by atoms with Crippen molar-refractivity contribution in [2.75, 3.05) is 31.1 Å². The van der Waals surface area contributed by atoms with Crippen molar-refractivity contribution in [2.45, 2.75) is 19.0 Å². The van der Waals surface area contributed by atoms with E-state index in [-0.39, 0.29) is 0 Å². The van der Waals surface area contributed by atoms with Crippen LogP contribution in [0.5, 0.6) is 0 Å². The van der Waals surface area contributed by atoms with E-state index in [1.807, 2.05) is 0 Å². The van der Waals surface area contributed by atoms with Gasteiger partial charge in [-0.15, -0.1) is 0 Å². The minimum atomic E-state index is 0.310. The average Bonchev–Trinajstić information content (AvgIpc) is 2.82. The van der Waals surface area contributed by atoms with E-state index in [0.29, 0.717) is 18.7 Å². The molecule has 0 aromatic heterocycles. The van der Waals surface area contributed by atoms with E-state index < -0.39 is 0 Å². The van der Waals surface area contributed by atoms with Gasteiger partial charge in [0.05, 0.1) is 6.17 Å². The van der Waals surface area contributed by atoms with Crippen molar-refractivity contribution in [2.24, 2.45) is 5.92 Å². The lowest BCUT2D eigenvalue weighted by Gasteiger charge is -2.43. The molecule has 1 N–H and O–H groups in total. The van der Waals surface area contributed by atoms with Crippen LogP contribution in [0.3, 0.4) is 0 Å². The lowest BCUT2D eigenvalue weighted by molar-refractivity contribution is 0.143. The molecule has 2 fully saturated rings. The number of hydrogen-bond donors (Lipinski definition) is 1. The van der Waals surface area contributed by atoms with Gasteiger partial charge in [0.1, 0.15) is 0 Å². The number of nitrogens with zero attached hydrogens (tertiary/aromatic N) is 2. The van der Waals surface area contributed by atoms with Gasteiger partial charge in [-0.3, -0.25) is 4.90 Å². The number of anilines is 1. The molecule has 3 rings (SSSR count). The van der Waals surface area contributed by atoms with Gasteiger partial charge in [-0.05, 0) is 25.0 Å². The van der Waals surface area contributed by atoms with Crippen LogP contribution in [0.4, 0.5) is 5.69 Å². The van der Waals surface area contributed by atoms with Gasteiger partial charge < -0.3 is 10.0 Å². The number of rotatable bonds is 2. The Balaban J connectivity index is 1.88. The molecule has 1 aromatic carbocycles. The lowest BCUT2D eigenvalue weighted by atomic mass is 10.0. The van der Waals surface area contributed by atoms with Crippen LogP contribution in [0, 0.1) is 5.92 Å². The summed E-state index contributed by atoms with van der Waals surface area (Å²) >= 11 is 0. The minimum Gasteiger partial charge on any atom is -0.396 e. The molecule has 2 heterocycles. The smallest absolute Gasteiger partial charge is 0.0871 e. The van der Waals surface area contributed by atoms with Crippen molar-refractivity contribution in [3.63, 3.8) is 0 Å². The van der Waals surface area contributed by atoms with Crippen molar-refractivity contribution in [3.05, 3.63) is 30.3 Å². The summed E-state index contributed by atoms with van der Waals surface area (Å²) in [7, 11) is 0. The Hall–Kier alpha value is -1.06. The lowest BCUT2D eigenvalue weighted by Crippen LogP contribution is -2.53. The molecule has 2 atom stereocenters. The van der Waals surface area contributed by atoms with Crippen molar-refractivity contribution < 1.29 is 5.11 Å². The third-order valence-corrected chi connectivity index (χ3v) is 4.07. The molecule has 3 nitrogen and oxygen atoms in total. The Labute approximate surface area is 103 Å². The Morgan fingerprint density at radius 3 is 2.71 bits per heavy atom. The number of para-hydroxylation sites is 1. The molecule has 2 unspecified atom stereocenters. The zero-order chi connectivity index (χ0) is 11.7. The summed E-state index contributed by atoms with van der Waals surface area (Å²) in [6, 6.07) is 10.6. The predicted molar refractivity (Wildman–Crippen MR) is 69.0 cm³/mol. The van der Waals surface area contributed by atoms with Crippen LogP contribution in [-0.2, 0) is 0 Å². The molecule has 92 valence electrons. The van der Waals surface area contributed by atoms with Crippen LogP contribution >= 0.6 is 0 Å². The van der Waals surface area contributed by atoms with E-state index in [9.17, 15) is 5.11 Å². The van der Waals surface area contributed by atoms with Crippen molar-refractivity contribution in [1.29, 1.82) is 0 Å². The molecule has 2 aliphatic heterocycles. The van der Waals surface area contributed by atoms with Gasteiger partial charge in [0.25, 0.3) is 0 Å². The molecule has 1 aromatic rings. The third-order valence-electron chi connectivity index (χ3n) is 4.07. The van der Waals surface area contributed by atoms with Crippen molar-refractivity contribution >= 4 is 5.69 Å². The number of hydrogen-bond acceptors (Lipinski definition) is 3. The van der Waals surface area contributed by atoms with Crippen LogP contribution in [0.1, 0.15) is 12.8 Å². The van der Waals surface area contributed by atoms with Crippen molar-refractivity contribution in [3.8, 4) is 0 Å². The molecule has 0 spiro atoms. The second kappa shape index (κ2) is 4.67. The summed E-state index contributed by atoms with van der Waals surface area (Å²) < 4.78 is 0. The fourth-order valence-electron chi connectivity index (χ4n) is 3.27. The van der Waals surface area contributed by atoms with Gasteiger partial charge >= 0.3 is 0 Å². The number of benzene rings is 1. The average molecular weight is 232 g/mol. The van der Waals surface area contributed by atoms with Crippen molar-refractivity contribution in [1.82, 2.24) is 4.90 Å². The minimum absolute atomic E-state index is 0.310. The Kier molecular flexibility index (Phi) is 3.04. The van der Waals surface area contributed by atoms with Crippen LogP contribution in [0.15, 0.2) is 30.3 Å². The monoisotopic (exact) mass is 232 g/mol. The summed E-state index contributed by atoms with van der Waals surface area (Å²) in [4.78, 5) is 4.99. The SMILES string of the molecule is OCC1CCN2CCCN(c3ccccc3)C12. The zero-order valence-corrected chi connectivity index (χ0v) is 10.1. The van der Waals surface area contributed by atoms with Gasteiger partial charge in [-0.25, -0.2) is 0 Å². The summed E-state index contributed by atoms with van der Waals surface area (Å²) in [6.45, 7) is 3.75. The maximum atomic E-state index is 9.52. The fourth-order valence-corrected chi connectivity index (χ4v) is 3.27. The van der Waals surface area contributed by atoms with E-state index in [0.717, 1.165) is 19.5 Å². The molecule has 17 heavy (non-hydrogen) atoms. The quantitative estimate of drug-likeness (QED) is 0.838. The summed E-state index contributed by atoms with van der Waals surface area (Å²) in [5, 5.41) is 9.52. The highest BCUT2D eigenvalue weighted by Gasteiger charge is 2.39. The van der Waals surface area contributed by atoms with E-state index in [1.54, 1.807) is 0 Å². The van der Waals surface area contributed by atoms with Crippen LogP contribution in [0.2, 0.25) is 0 Å². The van der Waals surface area contributed by atoms with E-state index >= 15 is 0 Å². The highest BCUT2D eigenvalue weighted by atomic mass is 16.3. The van der Waals surface area contributed by atoms with E-state index in [4.69, 9.17) is 0 Å². The van der Waals surface area contributed by atoms with Gasteiger partial charge in [0.2, 0.25) is 0 Å². The first kappa shape index (κ1) is 11.1. The number of aliphatic hydroxyl groups excluding tert-OH is 1. The van der Waals surface area contributed by atoms with E-state index in [2.05, 4.69) is 40.1 Å². The molecule has 0 amide bonds. The topological polar surface area (TPSA) is 26.7 Å². The number of aliphatic hydroxyl groups is 1. The first-order chi connectivity index (χ1) is 8.40. The zero-order valence-electron chi connectivity index (χ0n) is 10.1. The van der Waals surface area contributed by atoms with Crippen LogP contribution in [0.25, 0.3) is 0 Å². The van der Waals surface area contributed by atoms with Gasteiger partial charge in [-0.1, -0.05) is 18.2 Å². The third kappa shape index (κ3) is 1.94. The maximum absolute atomic E-state index is 9.52. The largest absolute Gasteiger partial charge is 0.396 e. The highest BCUT2D eigenvalue weighted by Crippen LogP contribution is 2.33. The summed E-state index contributed by atoms with van der Waals surface area (Å²) in [6.07, 6.45) is 2.77. The molecule has 0 aliphatic carbocycles. The molecule has 0 radical (unpaired) electrons. The van der Waals surface area contributed by atoms with Gasteiger partial charge in [0.15, 0.2) is 0 Å². The molecule has 2 saturated heterocycles. The Morgan fingerprint density at radius 1 is 1.12 bits per heavy atom. The fraction of sp³-hybridized carbons (Fsp3) is 0.571. The molecular formula is C14H20N2O. The standard InChI is InChI=1S/C14H20N2O/c17-11-12-7-10-15-8-4-9-16(14(12)15)13-5-2-1-3-6-13/h1-3,5-6,12,14,17H,4,7-11H2. The first-order valence-electron chi connectivity index (χ1n) is 6.57. The maximum Gasteiger partial charge on any atom is 0.0871 e. The number of fused-ring (bicyclic) bond motifs is 1. The van der Waals surface area contributed by atoms with Crippen LogP contribution in [-0.4, -0.2) is 42.4 Å². The normalized spacial score (nSPS) is 29.4. The Bertz CT molecular complexity index is 362. The van der Waals surface area contributed by atoms with Crippen LogP contribution < -0.4 is 4.90 Å². The Morgan fingerprint density at radius 2 is 1.94 bits per heavy atom. The molecule has 0 bridgehead atoms. The second-order valence-electron chi connectivity index (χ2n) is 5.06. The predicted octanol–water partition coefficient (Wildman–Crippen LogP) is 1.54. The second-order valence-corrected chi connectivity index (χ2v) is 5.06. The van der Waals surface area contributed by atoms with E-state index in [1.165, 1.54) is 18.7 Å².